The number of aliphatic imine (C=N–C) groups is 1. The van der Waals surface area contributed by atoms with Gasteiger partial charge in [0.15, 0.2) is 5.75 Å². The first kappa shape index (κ1) is 19.1. The van der Waals surface area contributed by atoms with Crippen molar-refractivity contribution < 1.29 is 14.5 Å². The van der Waals surface area contributed by atoms with Gasteiger partial charge in [0, 0.05) is 44.6 Å². The number of nitro benzene ring substituents is 1. The van der Waals surface area contributed by atoms with Gasteiger partial charge in [-0.2, -0.15) is 0 Å². The third kappa shape index (κ3) is 5.14. The van der Waals surface area contributed by atoms with Gasteiger partial charge in [-0.3, -0.25) is 19.9 Å². The highest BCUT2D eigenvalue weighted by molar-refractivity contribution is 5.84. The summed E-state index contributed by atoms with van der Waals surface area (Å²) in [5.74, 6) is -0.191. The maximum Gasteiger partial charge on any atom is 0.311 e. The van der Waals surface area contributed by atoms with Crippen LogP contribution in [0, 0.1) is 10.1 Å². The van der Waals surface area contributed by atoms with Crippen LogP contribution < -0.4 is 9.64 Å². The summed E-state index contributed by atoms with van der Waals surface area (Å²) in [6.07, 6.45) is 2.50. The number of ether oxygens (including phenoxy) is 1. The van der Waals surface area contributed by atoms with Gasteiger partial charge in [0.1, 0.15) is 5.69 Å². The number of carbonyl (C=O) groups is 1. The van der Waals surface area contributed by atoms with E-state index in [1.807, 2.05) is 50.2 Å². The molecule has 0 unspecified atom stereocenters. The Morgan fingerprint density at radius 2 is 1.92 bits per heavy atom. The van der Waals surface area contributed by atoms with Gasteiger partial charge in [-0.1, -0.05) is 19.1 Å². The standard InChI is InChI=1S/C19H21N3O4/c1-4-5-19(23)26-18-11-10-16(22(24)25)12-17(18)20-13-14-6-8-15(9-7-14)21(2)3/h6-13H,4-5H2,1-3H3. The molecule has 0 saturated carbocycles. The summed E-state index contributed by atoms with van der Waals surface area (Å²) in [5.41, 5.74) is 2.00. The van der Waals surface area contributed by atoms with Crippen molar-refractivity contribution in [3.8, 4) is 5.75 Å². The van der Waals surface area contributed by atoms with Crippen LogP contribution in [0.4, 0.5) is 17.1 Å². The van der Waals surface area contributed by atoms with Crippen molar-refractivity contribution in [1.82, 2.24) is 0 Å². The maximum atomic E-state index is 11.7. The summed E-state index contributed by atoms with van der Waals surface area (Å²) in [6, 6.07) is 11.6. The first-order chi connectivity index (χ1) is 12.4. The molecule has 0 atom stereocenters. The number of carbonyl (C=O) groups excluding carboxylic acids is 1. The summed E-state index contributed by atoms with van der Waals surface area (Å²) in [7, 11) is 3.90. The third-order valence-electron chi connectivity index (χ3n) is 3.59. The molecule has 0 aliphatic rings. The van der Waals surface area contributed by atoms with Gasteiger partial charge in [-0.15, -0.1) is 0 Å². The highest BCUT2D eigenvalue weighted by atomic mass is 16.6. The second-order valence-electron chi connectivity index (χ2n) is 5.88. The van der Waals surface area contributed by atoms with Crippen molar-refractivity contribution >= 4 is 29.2 Å². The van der Waals surface area contributed by atoms with Gasteiger partial charge in [0.25, 0.3) is 5.69 Å². The lowest BCUT2D eigenvalue weighted by Crippen LogP contribution is -2.08. The molecule has 2 aromatic carbocycles. The molecule has 0 N–H and O–H groups in total. The van der Waals surface area contributed by atoms with Crippen molar-refractivity contribution in [2.45, 2.75) is 19.8 Å². The molecule has 2 aromatic rings. The van der Waals surface area contributed by atoms with Crippen LogP contribution in [0.5, 0.6) is 5.75 Å². The average molecular weight is 355 g/mol. The van der Waals surface area contributed by atoms with Gasteiger partial charge in [-0.25, -0.2) is 0 Å². The van der Waals surface area contributed by atoms with E-state index in [1.165, 1.54) is 18.2 Å². The highest BCUT2D eigenvalue weighted by Gasteiger charge is 2.13. The fraction of sp³-hybridized carbons (Fsp3) is 0.263. The Bertz CT molecular complexity index is 814. The van der Waals surface area contributed by atoms with Crippen molar-refractivity contribution in [2.24, 2.45) is 4.99 Å². The Labute approximate surface area is 152 Å². The summed E-state index contributed by atoms with van der Waals surface area (Å²) in [6.45, 7) is 1.87. The Balaban J connectivity index is 2.30. The molecule has 0 bridgehead atoms. The van der Waals surface area contributed by atoms with Gasteiger partial charge < -0.3 is 9.64 Å². The molecular weight excluding hydrogens is 334 g/mol. The molecule has 0 heterocycles. The lowest BCUT2D eigenvalue weighted by Gasteiger charge is -2.11. The lowest BCUT2D eigenvalue weighted by atomic mass is 10.2. The largest absolute Gasteiger partial charge is 0.424 e. The van der Waals surface area contributed by atoms with E-state index in [-0.39, 0.29) is 23.5 Å². The van der Waals surface area contributed by atoms with E-state index in [2.05, 4.69) is 4.99 Å². The van der Waals surface area contributed by atoms with Gasteiger partial charge in [-0.05, 0) is 30.2 Å². The van der Waals surface area contributed by atoms with Crippen LogP contribution in [0.2, 0.25) is 0 Å². The van der Waals surface area contributed by atoms with E-state index >= 15 is 0 Å². The van der Waals surface area contributed by atoms with E-state index in [0.717, 1.165) is 11.3 Å². The Kier molecular flexibility index (Phi) is 6.43. The predicted molar refractivity (Wildman–Crippen MR) is 102 cm³/mol. The van der Waals surface area contributed by atoms with Crippen molar-refractivity contribution in [3.05, 3.63) is 58.1 Å². The van der Waals surface area contributed by atoms with Crippen molar-refractivity contribution in [3.63, 3.8) is 0 Å². The minimum atomic E-state index is -0.511. The number of non-ortho nitro benzene ring substituents is 1. The fourth-order valence-electron chi connectivity index (χ4n) is 2.19. The number of benzene rings is 2. The number of hydrogen-bond donors (Lipinski definition) is 0. The van der Waals surface area contributed by atoms with Gasteiger partial charge in [0.05, 0.1) is 4.92 Å². The maximum absolute atomic E-state index is 11.7. The molecule has 7 heteroatoms. The summed E-state index contributed by atoms with van der Waals surface area (Å²) in [4.78, 5) is 28.5. The molecule has 2 rings (SSSR count). The first-order valence-corrected chi connectivity index (χ1v) is 8.21. The van der Waals surface area contributed by atoms with Crippen molar-refractivity contribution in [2.75, 3.05) is 19.0 Å². The van der Waals surface area contributed by atoms with Crippen LogP contribution in [0.3, 0.4) is 0 Å². The molecule has 0 fully saturated rings. The van der Waals surface area contributed by atoms with Crippen LogP contribution in [-0.2, 0) is 4.79 Å². The molecule has 0 aliphatic carbocycles. The van der Waals surface area contributed by atoms with Gasteiger partial charge >= 0.3 is 5.97 Å². The smallest absolute Gasteiger partial charge is 0.311 e. The summed E-state index contributed by atoms with van der Waals surface area (Å²) < 4.78 is 5.28. The quantitative estimate of drug-likeness (QED) is 0.245. The molecule has 7 nitrogen and oxygen atoms in total. The molecule has 0 saturated heterocycles. The second kappa shape index (κ2) is 8.75. The summed E-state index contributed by atoms with van der Waals surface area (Å²) >= 11 is 0. The Morgan fingerprint density at radius 3 is 2.50 bits per heavy atom. The minimum Gasteiger partial charge on any atom is -0.424 e. The van der Waals surface area contributed by atoms with Crippen LogP contribution in [-0.4, -0.2) is 31.2 Å². The molecule has 0 amide bonds. The number of anilines is 1. The van der Waals surface area contributed by atoms with Crippen LogP contribution in [0.25, 0.3) is 0 Å². The van der Waals surface area contributed by atoms with E-state index in [9.17, 15) is 14.9 Å². The Morgan fingerprint density at radius 1 is 1.23 bits per heavy atom. The molecule has 0 aromatic heterocycles. The normalized spacial score (nSPS) is 10.7. The SMILES string of the molecule is CCCC(=O)Oc1ccc([N+](=O)[O-])cc1N=Cc1ccc(N(C)C)cc1. The third-order valence-corrected chi connectivity index (χ3v) is 3.59. The number of nitrogens with zero attached hydrogens (tertiary/aromatic N) is 3. The minimum absolute atomic E-state index is 0.115. The topological polar surface area (TPSA) is 85.0 Å². The molecule has 0 spiro atoms. The van der Waals surface area contributed by atoms with E-state index in [1.54, 1.807) is 6.21 Å². The van der Waals surface area contributed by atoms with E-state index in [0.29, 0.717) is 6.42 Å². The van der Waals surface area contributed by atoms with E-state index in [4.69, 9.17) is 4.74 Å². The van der Waals surface area contributed by atoms with Crippen LogP contribution >= 0.6 is 0 Å². The zero-order chi connectivity index (χ0) is 19.1. The number of esters is 1. The molecular formula is C19H21N3O4. The monoisotopic (exact) mass is 355 g/mol. The second-order valence-corrected chi connectivity index (χ2v) is 5.88. The zero-order valence-electron chi connectivity index (χ0n) is 15.0. The molecule has 136 valence electrons. The van der Waals surface area contributed by atoms with Crippen molar-refractivity contribution in [1.29, 1.82) is 0 Å². The first-order valence-electron chi connectivity index (χ1n) is 8.21. The highest BCUT2D eigenvalue weighted by Crippen LogP contribution is 2.32. The van der Waals surface area contributed by atoms with Gasteiger partial charge in [0.2, 0.25) is 0 Å². The lowest BCUT2D eigenvalue weighted by molar-refractivity contribution is -0.384. The molecule has 0 radical (unpaired) electrons. The summed E-state index contributed by atoms with van der Waals surface area (Å²) in [5, 5.41) is 11.0. The van der Waals surface area contributed by atoms with Crippen LogP contribution in [0.1, 0.15) is 25.3 Å². The fourth-order valence-corrected chi connectivity index (χ4v) is 2.19. The predicted octanol–water partition coefficient (Wildman–Crippen LogP) is 4.12. The number of hydrogen-bond acceptors (Lipinski definition) is 6. The average Bonchev–Trinajstić information content (AvgIpc) is 2.61. The van der Waals surface area contributed by atoms with Crippen LogP contribution in [0.15, 0.2) is 47.5 Å². The number of nitro groups is 1. The molecule has 26 heavy (non-hydrogen) atoms. The Hall–Kier alpha value is -3.22. The molecule has 0 aliphatic heterocycles. The number of rotatable bonds is 7. The van der Waals surface area contributed by atoms with E-state index < -0.39 is 10.9 Å². The zero-order valence-corrected chi connectivity index (χ0v) is 15.0.